The Morgan fingerprint density at radius 1 is 0.947 bits per heavy atom. The molecule has 0 spiro atoms. The van der Waals surface area contributed by atoms with Crippen LogP contribution in [0.15, 0.2) is 54.9 Å². The second-order valence-corrected chi connectivity index (χ2v) is 4.60. The van der Waals surface area contributed by atoms with Crippen LogP contribution in [0, 0.1) is 0 Å². The fourth-order valence-corrected chi connectivity index (χ4v) is 2.24. The minimum atomic E-state index is 0.661. The van der Waals surface area contributed by atoms with Gasteiger partial charge < -0.3 is 5.32 Å². The Labute approximate surface area is 116 Å². The topological polar surface area (TPSA) is 37.8 Å². The van der Waals surface area contributed by atoms with Gasteiger partial charge in [0.2, 0.25) is 0 Å². The minimum Gasteiger partial charge on any atom is -0.365 e. The van der Waals surface area contributed by atoms with Gasteiger partial charge >= 0.3 is 0 Å². The van der Waals surface area contributed by atoms with Crippen molar-refractivity contribution in [3.63, 3.8) is 0 Å². The highest BCUT2D eigenvalue weighted by Gasteiger charge is 2.06. The van der Waals surface area contributed by atoms with E-state index in [0.717, 1.165) is 16.7 Å². The molecule has 0 amide bonds. The summed E-state index contributed by atoms with van der Waals surface area (Å²) in [5, 5.41) is 4.83. The van der Waals surface area contributed by atoms with Crippen molar-refractivity contribution in [3.05, 3.63) is 65.4 Å². The average Bonchev–Trinajstić information content (AvgIpc) is 2.46. The van der Waals surface area contributed by atoms with Gasteiger partial charge in [-0.2, -0.15) is 0 Å². The molecule has 2 aromatic carbocycles. The van der Waals surface area contributed by atoms with Crippen LogP contribution in [-0.2, 0) is 6.54 Å². The number of nitrogens with one attached hydrogen (secondary N) is 1. The third-order valence-corrected chi connectivity index (χ3v) is 3.23. The molecule has 94 valence electrons. The third kappa shape index (κ3) is 2.51. The Morgan fingerprint density at radius 3 is 2.63 bits per heavy atom. The second kappa shape index (κ2) is 5.24. The Bertz CT molecular complexity index is 693. The van der Waals surface area contributed by atoms with Gasteiger partial charge in [0.1, 0.15) is 12.1 Å². The molecule has 0 aliphatic rings. The lowest BCUT2D eigenvalue weighted by Gasteiger charge is -2.09. The summed E-state index contributed by atoms with van der Waals surface area (Å²) >= 11 is 6.22. The number of hydrogen-bond donors (Lipinski definition) is 1. The van der Waals surface area contributed by atoms with Gasteiger partial charge in [-0.1, -0.05) is 48.0 Å². The molecule has 4 heteroatoms. The lowest BCUT2D eigenvalue weighted by Crippen LogP contribution is -2.02. The maximum absolute atomic E-state index is 6.22. The normalized spacial score (nSPS) is 10.6. The Hall–Kier alpha value is -2.13. The van der Waals surface area contributed by atoms with Crippen molar-refractivity contribution in [2.75, 3.05) is 5.32 Å². The van der Waals surface area contributed by atoms with Gasteiger partial charge in [-0.3, -0.25) is 0 Å². The molecule has 0 bridgehead atoms. The first-order valence-corrected chi connectivity index (χ1v) is 6.39. The summed E-state index contributed by atoms with van der Waals surface area (Å²) < 4.78 is 0. The highest BCUT2D eigenvalue weighted by Crippen LogP contribution is 2.27. The van der Waals surface area contributed by atoms with Crippen LogP contribution in [0.4, 0.5) is 5.82 Å². The van der Waals surface area contributed by atoms with Crippen molar-refractivity contribution in [2.24, 2.45) is 0 Å². The molecule has 0 saturated heterocycles. The van der Waals surface area contributed by atoms with Crippen molar-refractivity contribution in [3.8, 4) is 0 Å². The minimum absolute atomic E-state index is 0.661. The molecule has 0 fully saturated rings. The number of aromatic nitrogens is 2. The first kappa shape index (κ1) is 11.9. The van der Waals surface area contributed by atoms with Crippen molar-refractivity contribution in [2.45, 2.75) is 6.54 Å². The quantitative estimate of drug-likeness (QED) is 0.784. The number of fused-ring (bicyclic) bond motifs is 1. The van der Waals surface area contributed by atoms with Crippen LogP contribution in [-0.4, -0.2) is 9.97 Å². The van der Waals surface area contributed by atoms with E-state index < -0.39 is 0 Å². The molecule has 1 heterocycles. The number of halogens is 1. The van der Waals surface area contributed by atoms with Gasteiger partial charge in [-0.05, 0) is 17.7 Å². The molecule has 3 rings (SSSR count). The largest absolute Gasteiger partial charge is 0.365 e. The van der Waals surface area contributed by atoms with E-state index in [9.17, 15) is 0 Å². The van der Waals surface area contributed by atoms with Crippen LogP contribution in [0.2, 0.25) is 5.02 Å². The first-order chi connectivity index (χ1) is 9.34. The molecule has 19 heavy (non-hydrogen) atoms. The van der Waals surface area contributed by atoms with Gasteiger partial charge in [0.15, 0.2) is 0 Å². The van der Waals surface area contributed by atoms with Gasteiger partial charge in [-0.15, -0.1) is 0 Å². The van der Waals surface area contributed by atoms with Crippen molar-refractivity contribution in [1.82, 2.24) is 9.97 Å². The van der Waals surface area contributed by atoms with Crippen LogP contribution in [0.25, 0.3) is 10.9 Å². The SMILES string of the molecule is Clc1cccc2ncnc(NCc3ccccc3)c12. The summed E-state index contributed by atoms with van der Waals surface area (Å²) in [5.41, 5.74) is 2.04. The summed E-state index contributed by atoms with van der Waals surface area (Å²) in [6, 6.07) is 15.8. The molecule has 3 aromatic rings. The smallest absolute Gasteiger partial charge is 0.139 e. The van der Waals surface area contributed by atoms with Crippen LogP contribution in [0.3, 0.4) is 0 Å². The fourth-order valence-electron chi connectivity index (χ4n) is 1.98. The van der Waals surface area contributed by atoms with Crippen LogP contribution >= 0.6 is 11.6 Å². The number of hydrogen-bond acceptors (Lipinski definition) is 3. The average molecular weight is 270 g/mol. The number of rotatable bonds is 3. The molecule has 1 N–H and O–H groups in total. The van der Waals surface area contributed by atoms with Gasteiger partial charge in [-0.25, -0.2) is 9.97 Å². The number of benzene rings is 2. The molecule has 3 nitrogen and oxygen atoms in total. The molecule has 0 radical (unpaired) electrons. The molecule has 0 aliphatic heterocycles. The molecular weight excluding hydrogens is 258 g/mol. The molecular formula is C15H12ClN3. The highest BCUT2D eigenvalue weighted by atomic mass is 35.5. The lowest BCUT2D eigenvalue weighted by atomic mass is 10.2. The second-order valence-electron chi connectivity index (χ2n) is 4.20. The van der Waals surface area contributed by atoms with E-state index in [1.807, 2.05) is 36.4 Å². The third-order valence-electron chi connectivity index (χ3n) is 2.91. The summed E-state index contributed by atoms with van der Waals surface area (Å²) in [7, 11) is 0. The van der Waals surface area contributed by atoms with E-state index in [2.05, 4.69) is 27.4 Å². The molecule has 0 saturated carbocycles. The van der Waals surface area contributed by atoms with Crippen molar-refractivity contribution >= 4 is 28.3 Å². The van der Waals surface area contributed by atoms with Gasteiger partial charge in [0.25, 0.3) is 0 Å². The summed E-state index contributed by atoms with van der Waals surface area (Å²) in [4.78, 5) is 8.50. The zero-order valence-electron chi connectivity index (χ0n) is 10.2. The highest BCUT2D eigenvalue weighted by molar-refractivity contribution is 6.36. The zero-order valence-corrected chi connectivity index (χ0v) is 10.9. The predicted octanol–water partition coefficient (Wildman–Crippen LogP) is 3.90. The van der Waals surface area contributed by atoms with Crippen LogP contribution in [0.1, 0.15) is 5.56 Å². The van der Waals surface area contributed by atoms with Gasteiger partial charge in [0, 0.05) is 6.54 Å². The maximum Gasteiger partial charge on any atom is 0.139 e. The van der Waals surface area contributed by atoms with Crippen molar-refractivity contribution < 1.29 is 0 Å². The first-order valence-electron chi connectivity index (χ1n) is 6.01. The standard InChI is InChI=1S/C15H12ClN3/c16-12-7-4-8-13-14(12)15(19-10-18-13)17-9-11-5-2-1-3-6-11/h1-8,10H,9H2,(H,17,18,19). The van der Waals surface area contributed by atoms with E-state index in [-0.39, 0.29) is 0 Å². The molecule has 0 unspecified atom stereocenters. The van der Waals surface area contributed by atoms with E-state index >= 15 is 0 Å². The van der Waals surface area contributed by atoms with E-state index in [4.69, 9.17) is 11.6 Å². The maximum atomic E-state index is 6.22. The molecule has 0 aliphatic carbocycles. The van der Waals surface area contributed by atoms with Crippen LogP contribution in [0.5, 0.6) is 0 Å². The van der Waals surface area contributed by atoms with Crippen molar-refractivity contribution in [1.29, 1.82) is 0 Å². The van der Waals surface area contributed by atoms with E-state index in [1.165, 1.54) is 5.56 Å². The summed E-state index contributed by atoms with van der Waals surface area (Å²) in [6.45, 7) is 0.707. The summed E-state index contributed by atoms with van der Waals surface area (Å²) in [5.74, 6) is 0.763. The van der Waals surface area contributed by atoms with E-state index in [0.29, 0.717) is 11.6 Å². The summed E-state index contributed by atoms with van der Waals surface area (Å²) in [6.07, 6.45) is 1.55. The molecule has 0 atom stereocenters. The lowest BCUT2D eigenvalue weighted by molar-refractivity contribution is 1.10. The number of anilines is 1. The van der Waals surface area contributed by atoms with Gasteiger partial charge in [0.05, 0.1) is 15.9 Å². The Kier molecular flexibility index (Phi) is 3.29. The monoisotopic (exact) mass is 269 g/mol. The molecule has 1 aromatic heterocycles. The predicted molar refractivity (Wildman–Crippen MR) is 78.3 cm³/mol. The fraction of sp³-hybridized carbons (Fsp3) is 0.0667. The Balaban J connectivity index is 1.93. The Morgan fingerprint density at radius 2 is 1.79 bits per heavy atom. The van der Waals surface area contributed by atoms with E-state index in [1.54, 1.807) is 6.33 Å². The number of nitrogens with zero attached hydrogens (tertiary/aromatic N) is 2. The zero-order chi connectivity index (χ0) is 13.1. The van der Waals surface area contributed by atoms with Crippen LogP contribution < -0.4 is 5.32 Å².